The maximum Gasteiger partial charge on any atom is 0.306 e. The molecule has 0 aromatic heterocycles. The Morgan fingerprint density at radius 1 is 0.400 bits per heavy atom. The Labute approximate surface area is 465 Å². The summed E-state index contributed by atoms with van der Waals surface area (Å²) < 4.78 is 22.7. The minimum absolute atomic E-state index is 0.152. The van der Waals surface area contributed by atoms with E-state index < -0.39 is 24.3 Å². The zero-order chi connectivity index (χ0) is 54.8. The van der Waals surface area contributed by atoms with Crippen molar-refractivity contribution in [3.8, 4) is 0 Å². The van der Waals surface area contributed by atoms with Crippen molar-refractivity contribution in [2.45, 2.75) is 334 Å². The number of quaternary nitrogens is 1. The number of carboxylic acid groups (broad SMARTS) is 1. The Balaban J connectivity index is 3.87. The van der Waals surface area contributed by atoms with Gasteiger partial charge in [-0.2, -0.15) is 0 Å². The van der Waals surface area contributed by atoms with Gasteiger partial charge in [0, 0.05) is 12.8 Å². The zero-order valence-electron chi connectivity index (χ0n) is 50.4. The van der Waals surface area contributed by atoms with Crippen molar-refractivity contribution in [3.05, 3.63) is 24.3 Å². The molecule has 0 rings (SSSR count). The van der Waals surface area contributed by atoms with Gasteiger partial charge in [-0.25, -0.2) is 0 Å². The van der Waals surface area contributed by atoms with Gasteiger partial charge >= 0.3 is 11.9 Å². The second-order valence-electron chi connectivity index (χ2n) is 23.4. The van der Waals surface area contributed by atoms with E-state index in [0.717, 1.165) is 44.9 Å². The van der Waals surface area contributed by atoms with E-state index in [0.29, 0.717) is 17.4 Å². The molecule has 0 N–H and O–H groups in total. The van der Waals surface area contributed by atoms with Crippen molar-refractivity contribution < 1.29 is 42.9 Å². The van der Waals surface area contributed by atoms with Crippen LogP contribution < -0.4 is 5.11 Å². The number of unbranched alkanes of at least 4 members (excludes halogenated alkanes) is 42. The van der Waals surface area contributed by atoms with Gasteiger partial charge in [0.25, 0.3) is 0 Å². The van der Waals surface area contributed by atoms with Crippen LogP contribution in [0.25, 0.3) is 0 Å². The minimum atomic E-state index is -1.62. The van der Waals surface area contributed by atoms with Crippen molar-refractivity contribution >= 4 is 17.9 Å². The lowest BCUT2D eigenvalue weighted by atomic mass is 10.0. The summed E-state index contributed by atoms with van der Waals surface area (Å²) in [6.07, 6.45) is 67.1. The first-order valence-corrected chi connectivity index (χ1v) is 32.5. The molecule has 0 fully saturated rings. The Morgan fingerprint density at radius 2 is 0.720 bits per heavy atom. The Bertz CT molecular complexity index is 1280. The summed E-state index contributed by atoms with van der Waals surface area (Å²) >= 11 is 0. The van der Waals surface area contributed by atoms with E-state index in [1.165, 1.54) is 250 Å². The number of hydrogen-bond donors (Lipinski definition) is 0. The van der Waals surface area contributed by atoms with E-state index in [1.54, 1.807) is 0 Å². The van der Waals surface area contributed by atoms with Crippen molar-refractivity contribution in [1.29, 1.82) is 0 Å². The second-order valence-corrected chi connectivity index (χ2v) is 23.4. The predicted molar refractivity (Wildman–Crippen MR) is 316 cm³/mol. The fraction of sp³-hybridized carbons (Fsp3) is 0.894. The number of rotatable bonds is 61. The third-order valence-corrected chi connectivity index (χ3v) is 14.7. The predicted octanol–water partition coefficient (Wildman–Crippen LogP) is 18.1. The molecule has 0 heterocycles. The average Bonchev–Trinajstić information content (AvgIpc) is 3.38. The number of aliphatic carboxylic acids is 1. The molecule has 0 aromatic rings. The molecular formula is C66H125NO8. The van der Waals surface area contributed by atoms with Crippen molar-refractivity contribution in [1.82, 2.24) is 0 Å². The molecule has 0 saturated carbocycles. The normalized spacial score (nSPS) is 12.8. The van der Waals surface area contributed by atoms with Gasteiger partial charge in [-0.05, 0) is 44.9 Å². The zero-order valence-corrected chi connectivity index (χ0v) is 50.4. The lowest BCUT2D eigenvalue weighted by molar-refractivity contribution is -0.870. The number of likely N-dealkylation sites (N-methyl/N-ethyl adjacent to an activating group) is 1. The molecule has 2 atom stereocenters. The Morgan fingerprint density at radius 3 is 1.05 bits per heavy atom. The highest BCUT2D eigenvalue weighted by Gasteiger charge is 2.22. The van der Waals surface area contributed by atoms with Gasteiger partial charge < -0.3 is 33.3 Å². The first kappa shape index (κ1) is 72.8. The SMILES string of the molecule is CCCCCCC/C=C\C/C=C\CCCCCCCCCCCCCCCCCCCCCCCCCCCCCC(=O)OC(COC(=O)CCCCCCCCCCCCC)COC(OCC[N+](C)(C)C)C(=O)[O-]. The fourth-order valence-electron chi connectivity index (χ4n) is 9.69. The fourth-order valence-corrected chi connectivity index (χ4v) is 9.69. The van der Waals surface area contributed by atoms with E-state index in [-0.39, 0.29) is 32.2 Å². The Hall–Kier alpha value is -2.23. The molecule has 0 aromatic carbocycles. The van der Waals surface area contributed by atoms with Gasteiger partial charge in [-0.3, -0.25) is 9.59 Å². The second kappa shape index (κ2) is 57.9. The summed E-state index contributed by atoms with van der Waals surface area (Å²) in [7, 11) is 5.93. The van der Waals surface area contributed by atoms with Crippen molar-refractivity contribution in [3.63, 3.8) is 0 Å². The third kappa shape index (κ3) is 59.3. The summed E-state index contributed by atoms with van der Waals surface area (Å²) in [5, 5.41) is 11.8. The highest BCUT2D eigenvalue weighted by Crippen LogP contribution is 2.18. The van der Waals surface area contributed by atoms with Crippen LogP contribution >= 0.6 is 0 Å². The van der Waals surface area contributed by atoms with Crippen molar-refractivity contribution in [2.75, 3.05) is 47.5 Å². The molecule has 75 heavy (non-hydrogen) atoms. The maximum atomic E-state index is 12.9. The van der Waals surface area contributed by atoms with Gasteiger partial charge in [0.05, 0.1) is 40.3 Å². The van der Waals surface area contributed by atoms with E-state index in [2.05, 4.69) is 38.2 Å². The summed E-state index contributed by atoms with van der Waals surface area (Å²) in [5.41, 5.74) is 0. The quantitative estimate of drug-likeness (QED) is 0.0195. The maximum absolute atomic E-state index is 12.9. The number of nitrogens with zero attached hydrogens (tertiary/aromatic N) is 1. The van der Waals surface area contributed by atoms with Crippen LogP contribution in [0.5, 0.6) is 0 Å². The van der Waals surface area contributed by atoms with Gasteiger partial charge in [0.1, 0.15) is 13.2 Å². The van der Waals surface area contributed by atoms with Crippen LogP contribution in [0.1, 0.15) is 322 Å². The molecule has 2 unspecified atom stereocenters. The molecule has 0 aliphatic carbocycles. The van der Waals surface area contributed by atoms with Gasteiger partial charge in [0.2, 0.25) is 0 Å². The van der Waals surface area contributed by atoms with Gasteiger partial charge in [-0.1, -0.05) is 289 Å². The number of carboxylic acids is 1. The molecule has 442 valence electrons. The summed E-state index contributed by atoms with van der Waals surface area (Å²) in [4.78, 5) is 37.2. The highest BCUT2D eigenvalue weighted by atomic mass is 16.7. The van der Waals surface area contributed by atoms with E-state index in [1.807, 2.05) is 21.1 Å². The molecule has 0 saturated heterocycles. The third-order valence-electron chi connectivity index (χ3n) is 14.7. The number of esters is 2. The van der Waals surface area contributed by atoms with E-state index >= 15 is 0 Å². The molecule has 9 heteroatoms. The molecule has 0 radical (unpaired) electrons. The minimum Gasteiger partial charge on any atom is -0.545 e. The lowest BCUT2D eigenvalue weighted by Gasteiger charge is -2.26. The summed E-state index contributed by atoms with van der Waals surface area (Å²) in [5.74, 6) is -2.26. The van der Waals surface area contributed by atoms with Crippen LogP contribution in [0.3, 0.4) is 0 Å². The van der Waals surface area contributed by atoms with Gasteiger partial charge in [-0.15, -0.1) is 0 Å². The number of allylic oxidation sites excluding steroid dienone is 4. The topological polar surface area (TPSA) is 111 Å². The van der Waals surface area contributed by atoms with Crippen LogP contribution in [0, 0.1) is 0 Å². The molecular weight excluding hydrogens is 935 g/mol. The van der Waals surface area contributed by atoms with Crippen molar-refractivity contribution in [2.24, 2.45) is 0 Å². The first-order valence-electron chi connectivity index (χ1n) is 32.5. The largest absolute Gasteiger partial charge is 0.545 e. The molecule has 9 nitrogen and oxygen atoms in total. The standard InChI is InChI=1S/C66H125NO8/c1-6-8-10-12-14-16-18-19-20-21-22-23-24-25-26-27-28-29-30-31-32-33-34-35-36-37-38-39-40-41-42-43-44-45-47-49-51-53-55-57-64(69)75-62(61-74-66(65(70)71)72-59-58-67(3,4)5)60-73-63(68)56-54-52-50-48-46-17-15-13-11-9-7-2/h18-19,21-22,62,66H,6-17,20,23-61H2,1-5H3/b19-18-,22-21-. The monoisotopic (exact) mass is 1060 g/mol. The molecule has 0 aliphatic heterocycles. The number of carbonyl (C=O) groups is 3. The van der Waals surface area contributed by atoms with Crippen LogP contribution in [0.4, 0.5) is 0 Å². The Kier molecular flexibility index (Phi) is 56.2. The summed E-state index contributed by atoms with van der Waals surface area (Å²) in [6, 6.07) is 0. The first-order chi connectivity index (χ1) is 36.6. The number of ether oxygens (including phenoxy) is 4. The average molecular weight is 1060 g/mol. The van der Waals surface area contributed by atoms with E-state index in [4.69, 9.17) is 18.9 Å². The molecule has 0 aliphatic rings. The van der Waals surface area contributed by atoms with Gasteiger partial charge in [0.15, 0.2) is 12.4 Å². The van der Waals surface area contributed by atoms with Crippen LogP contribution in [0.2, 0.25) is 0 Å². The summed E-state index contributed by atoms with van der Waals surface area (Å²) in [6.45, 7) is 4.77. The van der Waals surface area contributed by atoms with Crippen LogP contribution in [-0.2, 0) is 33.3 Å². The lowest BCUT2D eigenvalue weighted by Crippen LogP contribution is -2.44. The molecule has 0 amide bonds. The van der Waals surface area contributed by atoms with E-state index in [9.17, 15) is 19.5 Å². The van der Waals surface area contributed by atoms with Crippen LogP contribution in [0.15, 0.2) is 24.3 Å². The number of carbonyl (C=O) groups excluding carboxylic acids is 3. The van der Waals surface area contributed by atoms with Crippen LogP contribution in [-0.4, -0.2) is 82.3 Å². The number of hydrogen-bond acceptors (Lipinski definition) is 8. The molecule has 0 spiro atoms. The smallest absolute Gasteiger partial charge is 0.306 e. The molecule has 0 bridgehead atoms. The highest BCUT2D eigenvalue weighted by molar-refractivity contribution is 5.70.